The van der Waals surface area contributed by atoms with Crippen LogP contribution in [0.25, 0.3) is 0 Å². The van der Waals surface area contributed by atoms with E-state index in [0.29, 0.717) is 26.2 Å². The molecule has 6 nitrogen and oxygen atoms in total. The number of methoxy groups -OCH3 is 2. The number of rotatable bonds is 9. The molecule has 0 aromatic heterocycles. The second-order valence-electron chi connectivity index (χ2n) is 4.84. The van der Waals surface area contributed by atoms with Crippen molar-refractivity contribution in [2.24, 2.45) is 0 Å². The minimum atomic E-state index is -0.102. The molecule has 0 aliphatic rings. The van der Waals surface area contributed by atoms with Crippen LogP contribution in [-0.4, -0.2) is 50.6 Å². The zero-order valence-electron chi connectivity index (χ0n) is 13.4. The lowest BCUT2D eigenvalue weighted by atomic mass is 10.2. The van der Waals surface area contributed by atoms with E-state index in [1.165, 1.54) is 6.92 Å². The van der Waals surface area contributed by atoms with Crippen LogP contribution in [-0.2, 0) is 20.9 Å². The fraction of sp³-hybridized carbons (Fsp3) is 0.500. The highest BCUT2D eigenvalue weighted by atomic mass is 16.5. The summed E-state index contributed by atoms with van der Waals surface area (Å²) in [7, 11) is 3.18. The lowest BCUT2D eigenvalue weighted by molar-refractivity contribution is -0.130. The van der Waals surface area contributed by atoms with Crippen molar-refractivity contribution in [3.63, 3.8) is 0 Å². The van der Waals surface area contributed by atoms with Crippen molar-refractivity contribution in [2.75, 3.05) is 33.9 Å². The molecule has 1 rings (SSSR count). The fourth-order valence-corrected chi connectivity index (χ4v) is 2.00. The van der Waals surface area contributed by atoms with E-state index in [2.05, 4.69) is 5.32 Å². The second-order valence-corrected chi connectivity index (χ2v) is 4.84. The molecule has 0 unspecified atom stereocenters. The number of para-hydroxylation sites is 1. The summed E-state index contributed by atoms with van der Waals surface area (Å²) in [6.45, 7) is 3.23. The molecule has 0 aliphatic carbocycles. The third kappa shape index (κ3) is 6.13. The maximum Gasteiger partial charge on any atom is 0.222 e. The van der Waals surface area contributed by atoms with Crippen molar-refractivity contribution in [3.8, 4) is 5.75 Å². The van der Waals surface area contributed by atoms with Crippen LogP contribution in [0.1, 0.15) is 18.9 Å². The van der Waals surface area contributed by atoms with Crippen molar-refractivity contribution in [1.82, 2.24) is 10.2 Å². The Balaban J connectivity index is 2.40. The molecule has 0 heterocycles. The summed E-state index contributed by atoms with van der Waals surface area (Å²) in [6, 6.07) is 7.53. The largest absolute Gasteiger partial charge is 0.496 e. The highest BCUT2D eigenvalue weighted by molar-refractivity contribution is 5.78. The molecule has 0 saturated heterocycles. The molecule has 0 aliphatic heterocycles. The Morgan fingerprint density at radius 3 is 2.55 bits per heavy atom. The molecule has 6 heteroatoms. The molecular weight excluding hydrogens is 284 g/mol. The van der Waals surface area contributed by atoms with E-state index >= 15 is 0 Å². The normalized spacial score (nSPS) is 10.1. The van der Waals surface area contributed by atoms with Gasteiger partial charge in [-0.1, -0.05) is 18.2 Å². The topological polar surface area (TPSA) is 67.9 Å². The van der Waals surface area contributed by atoms with Gasteiger partial charge in [0.05, 0.1) is 13.7 Å². The van der Waals surface area contributed by atoms with Crippen molar-refractivity contribution < 1.29 is 19.1 Å². The molecule has 1 N–H and O–H groups in total. The van der Waals surface area contributed by atoms with Gasteiger partial charge in [0.25, 0.3) is 0 Å². The Morgan fingerprint density at radius 1 is 1.18 bits per heavy atom. The molecule has 0 bridgehead atoms. The summed E-state index contributed by atoms with van der Waals surface area (Å²) < 4.78 is 10.2. The number of carbonyl (C=O) groups excluding carboxylic acids is 2. The highest BCUT2D eigenvalue weighted by Crippen LogP contribution is 2.16. The van der Waals surface area contributed by atoms with Crippen LogP contribution in [0.4, 0.5) is 0 Å². The predicted molar refractivity (Wildman–Crippen MR) is 83.6 cm³/mol. The summed E-state index contributed by atoms with van der Waals surface area (Å²) >= 11 is 0. The molecular formula is C16H24N2O4. The fourth-order valence-electron chi connectivity index (χ4n) is 2.00. The zero-order valence-corrected chi connectivity index (χ0v) is 13.4. The van der Waals surface area contributed by atoms with Crippen molar-refractivity contribution >= 4 is 11.8 Å². The Kier molecular flexibility index (Phi) is 7.99. The van der Waals surface area contributed by atoms with Gasteiger partial charge < -0.3 is 19.7 Å². The summed E-state index contributed by atoms with van der Waals surface area (Å²) in [4.78, 5) is 24.9. The van der Waals surface area contributed by atoms with Gasteiger partial charge in [-0.15, -0.1) is 0 Å². The minimum Gasteiger partial charge on any atom is -0.496 e. The molecule has 2 amide bonds. The monoisotopic (exact) mass is 308 g/mol. The van der Waals surface area contributed by atoms with Crippen LogP contribution in [0.15, 0.2) is 24.3 Å². The Bertz CT molecular complexity index is 491. The standard InChI is InChI=1S/C16H24N2O4/c1-13(19)18(10-11-21-2)9-8-16(20)17-12-14-6-4-5-7-15(14)22-3/h4-7H,8-12H2,1-3H3,(H,17,20). The van der Waals surface area contributed by atoms with Crippen molar-refractivity contribution in [1.29, 1.82) is 0 Å². The van der Waals surface area contributed by atoms with Crippen molar-refractivity contribution in [2.45, 2.75) is 19.9 Å². The average molecular weight is 308 g/mol. The SMILES string of the molecule is COCCN(CCC(=O)NCc1ccccc1OC)C(C)=O. The van der Waals surface area contributed by atoms with Crippen LogP contribution in [0.5, 0.6) is 5.75 Å². The van der Waals surface area contributed by atoms with Gasteiger partial charge in [-0.2, -0.15) is 0 Å². The molecule has 0 atom stereocenters. The first-order valence-corrected chi connectivity index (χ1v) is 7.21. The number of hydrogen-bond acceptors (Lipinski definition) is 4. The highest BCUT2D eigenvalue weighted by Gasteiger charge is 2.11. The van der Waals surface area contributed by atoms with E-state index in [9.17, 15) is 9.59 Å². The maximum absolute atomic E-state index is 11.9. The molecule has 122 valence electrons. The van der Waals surface area contributed by atoms with Gasteiger partial charge in [0.15, 0.2) is 0 Å². The van der Waals surface area contributed by atoms with Crippen LogP contribution in [0.2, 0.25) is 0 Å². The molecule has 22 heavy (non-hydrogen) atoms. The van der Waals surface area contributed by atoms with Crippen LogP contribution < -0.4 is 10.1 Å². The summed E-state index contributed by atoms with van der Waals surface area (Å²) in [5.74, 6) is 0.581. The summed E-state index contributed by atoms with van der Waals surface area (Å²) in [5.41, 5.74) is 0.918. The van der Waals surface area contributed by atoms with Gasteiger partial charge in [-0.05, 0) is 6.07 Å². The first-order chi connectivity index (χ1) is 10.6. The third-order valence-corrected chi connectivity index (χ3v) is 3.29. The summed E-state index contributed by atoms with van der Waals surface area (Å²) in [5, 5.41) is 2.84. The number of ether oxygens (including phenoxy) is 2. The lowest BCUT2D eigenvalue weighted by Crippen LogP contribution is -2.35. The van der Waals surface area contributed by atoms with Gasteiger partial charge >= 0.3 is 0 Å². The zero-order chi connectivity index (χ0) is 16.4. The van der Waals surface area contributed by atoms with E-state index in [1.807, 2.05) is 24.3 Å². The van der Waals surface area contributed by atoms with E-state index in [1.54, 1.807) is 19.1 Å². The Hall–Kier alpha value is -2.08. The van der Waals surface area contributed by atoms with Gasteiger partial charge in [-0.25, -0.2) is 0 Å². The van der Waals surface area contributed by atoms with Gasteiger partial charge in [0, 0.05) is 45.7 Å². The molecule has 1 aromatic rings. The first kappa shape index (κ1) is 18.0. The summed E-state index contributed by atoms with van der Waals surface area (Å²) in [6.07, 6.45) is 0.262. The van der Waals surface area contributed by atoms with E-state index in [0.717, 1.165) is 11.3 Å². The number of amides is 2. The lowest BCUT2D eigenvalue weighted by Gasteiger charge is -2.20. The third-order valence-electron chi connectivity index (χ3n) is 3.29. The number of hydrogen-bond donors (Lipinski definition) is 1. The quantitative estimate of drug-likeness (QED) is 0.744. The average Bonchev–Trinajstić information content (AvgIpc) is 2.52. The molecule has 0 saturated carbocycles. The molecule has 0 radical (unpaired) electrons. The number of nitrogens with zero attached hydrogens (tertiary/aromatic N) is 1. The number of benzene rings is 1. The van der Waals surface area contributed by atoms with Gasteiger partial charge in [0.1, 0.15) is 5.75 Å². The van der Waals surface area contributed by atoms with Crippen LogP contribution >= 0.6 is 0 Å². The Labute approximate surface area is 131 Å². The number of nitrogens with one attached hydrogen (secondary N) is 1. The number of carbonyl (C=O) groups is 2. The van der Waals surface area contributed by atoms with E-state index < -0.39 is 0 Å². The Morgan fingerprint density at radius 2 is 1.91 bits per heavy atom. The van der Waals surface area contributed by atoms with Crippen molar-refractivity contribution in [3.05, 3.63) is 29.8 Å². The molecule has 0 spiro atoms. The molecule has 0 fully saturated rings. The maximum atomic E-state index is 11.9. The first-order valence-electron chi connectivity index (χ1n) is 7.21. The molecule has 1 aromatic carbocycles. The smallest absolute Gasteiger partial charge is 0.222 e. The van der Waals surface area contributed by atoms with Crippen LogP contribution in [0, 0.1) is 0 Å². The van der Waals surface area contributed by atoms with Gasteiger partial charge in [-0.3, -0.25) is 9.59 Å². The van der Waals surface area contributed by atoms with Crippen LogP contribution in [0.3, 0.4) is 0 Å². The second kappa shape index (κ2) is 9.78. The van der Waals surface area contributed by atoms with E-state index in [-0.39, 0.29) is 18.2 Å². The predicted octanol–water partition coefficient (Wildman–Crippen LogP) is 1.20. The minimum absolute atomic E-state index is 0.0606. The van der Waals surface area contributed by atoms with Gasteiger partial charge in [0.2, 0.25) is 11.8 Å². The van der Waals surface area contributed by atoms with E-state index in [4.69, 9.17) is 9.47 Å².